The third kappa shape index (κ3) is 3.69. The van der Waals surface area contributed by atoms with Crippen LogP contribution in [0.1, 0.15) is 44.2 Å². The number of hydrogen-bond acceptors (Lipinski definition) is 2. The fourth-order valence-corrected chi connectivity index (χ4v) is 4.18. The maximum absolute atomic E-state index is 13.5. The van der Waals surface area contributed by atoms with Crippen molar-refractivity contribution in [3.63, 3.8) is 0 Å². The van der Waals surface area contributed by atoms with E-state index in [9.17, 15) is 9.18 Å². The number of carbonyl (C=O) groups is 1. The van der Waals surface area contributed by atoms with E-state index in [0.717, 1.165) is 37.8 Å². The zero-order chi connectivity index (χ0) is 15.7. The van der Waals surface area contributed by atoms with Gasteiger partial charge in [-0.1, -0.05) is 25.5 Å². The molecule has 0 spiro atoms. The summed E-state index contributed by atoms with van der Waals surface area (Å²) in [6.07, 6.45) is 4.00. The molecule has 1 aromatic rings. The largest absolute Gasteiger partial charge is 0.335 e. The molecular weight excluding hydrogens is 315 g/mol. The van der Waals surface area contributed by atoms with Gasteiger partial charge in [0.15, 0.2) is 0 Å². The normalized spacial score (nSPS) is 30.3. The second kappa shape index (κ2) is 7.63. The van der Waals surface area contributed by atoms with Gasteiger partial charge in [0.2, 0.25) is 5.91 Å². The number of benzene rings is 1. The lowest BCUT2D eigenvalue weighted by Crippen LogP contribution is -2.39. The molecule has 128 valence electrons. The lowest BCUT2D eigenvalue weighted by atomic mass is 9.93. The first-order valence-electron chi connectivity index (χ1n) is 8.36. The van der Waals surface area contributed by atoms with Crippen molar-refractivity contribution >= 4 is 18.3 Å². The summed E-state index contributed by atoms with van der Waals surface area (Å²) < 4.78 is 13.5. The average molecular weight is 341 g/mol. The predicted octanol–water partition coefficient (Wildman–Crippen LogP) is 3.53. The Labute approximate surface area is 143 Å². The quantitative estimate of drug-likeness (QED) is 0.914. The van der Waals surface area contributed by atoms with E-state index in [1.54, 1.807) is 12.1 Å². The highest BCUT2D eigenvalue weighted by Crippen LogP contribution is 2.40. The molecule has 1 heterocycles. The SMILES string of the molecule is CC1CC(c2cccc(F)c2)N(C(=O)[C@@H]2CCC[C@@H]2CN)C1.Cl. The van der Waals surface area contributed by atoms with Crippen LogP contribution in [0.25, 0.3) is 0 Å². The number of nitrogens with zero attached hydrogens (tertiary/aromatic N) is 1. The number of carbonyl (C=O) groups excluding carboxylic acids is 1. The van der Waals surface area contributed by atoms with Crippen molar-refractivity contribution in [2.45, 2.75) is 38.6 Å². The summed E-state index contributed by atoms with van der Waals surface area (Å²) in [5, 5.41) is 0. The second-order valence-electron chi connectivity index (χ2n) is 6.94. The molecule has 1 saturated carbocycles. The molecule has 0 radical (unpaired) electrons. The Bertz CT molecular complexity index is 554. The van der Waals surface area contributed by atoms with E-state index in [1.165, 1.54) is 6.07 Å². The van der Waals surface area contributed by atoms with Crippen molar-refractivity contribution in [1.82, 2.24) is 4.90 Å². The topological polar surface area (TPSA) is 46.3 Å². The maximum atomic E-state index is 13.5. The second-order valence-corrected chi connectivity index (χ2v) is 6.94. The van der Waals surface area contributed by atoms with Gasteiger partial charge in [0.05, 0.1) is 6.04 Å². The molecule has 1 aliphatic heterocycles. The van der Waals surface area contributed by atoms with E-state index in [2.05, 4.69) is 6.92 Å². The minimum Gasteiger partial charge on any atom is -0.335 e. The van der Waals surface area contributed by atoms with Crippen molar-refractivity contribution in [2.24, 2.45) is 23.5 Å². The lowest BCUT2D eigenvalue weighted by molar-refractivity contribution is -0.137. The Morgan fingerprint density at radius 3 is 2.87 bits per heavy atom. The van der Waals surface area contributed by atoms with Crippen molar-refractivity contribution < 1.29 is 9.18 Å². The Morgan fingerprint density at radius 1 is 1.39 bits per heavy atom. The average Bonchev–Trinajstić information content (AvgIpc) is 3.12. The summed E-state index contributed by atoms with van der Waals surface area (Å²) in [5.74, 6) is 0.828. The summed E-state index contributed by atoms with van der Waals surface area (Å²) in [6.45, 7) is 3.52. The number of amides is 1. The van der Waals surface area contributed by atoms with Gasteiger partial charge in [-0.15, -0.1) is 12.4 Å². The third-order valence-electron chi connectivity index (χ3n) is 5.31. The van der Waals surface area contributed by atoms with Crippen LogP contribution in [0.3, 0.4) is 0 Å². The first-order valence-corrected chi connectivity index (χ1v) is 8.36. The summed E-state index contributed by atoms with van der Waals surface area (Å²) in [7, 11) is 0. The highest BCUT2D eigenvalue weighted by Gasteiger charge is 2.40. The molecule has 2 unspecified atom stereocenters. The van der Waals surface area contributed by atoms with Crippen molar-refractivity contribution in [3.8, 4) is 0 Å². The summed E-state index contributed by atoms with van der Waals surface area (Å²) in [4.78, 5) is 15.0. The van der Waals surface area contributed by atoms with Crippen molar-refractivity contribution in [1.29, 1.82) is 0 Å². The van der Waals surface area contributed by atoms with Gasteiger partial charge in [-0.25, -0.2) is 4.39 Å². The smallest absolute Gasteiger partial charge is 0.226 e. The van der Waals surface area contributed by atoms with Crippen LogP contribution in [0.5, 0.6) is 0 Å². The molecule has 23 heavy (non-hydrogen) atoms. The molecule has 3 rings (SSSR count). The summed E-state index contributed by atoms with van der Waals surface area (Å²) >= 11 is 0. The number of likely N-dealkylation sites (tertiary alicyclic amines) is 1. The molecule has 2 aliphatic rings. The van der Waals surface area contributed by atoms with E-state index < -0.39 is 0 Å². The van der Waals surface area contributed by atoms with E-state index >= 15 is 0 Å². The summed E-state index contributed by atoms with van der Waals surface area (Å²) in [6, 6.07) is 6.70. The molecule has 5 heteroatoms. The first kappa shape index (κ1) is 18.2. The minimum absolute atomic E-state index is 0. The molecule has 1 aromatic carbocycles. The molecular formula is C18H26ClFN2O. The lowest BCUT2D eigenvalue weighted by Gasteiger charge is -2.30. The van der Waals surface area contributed by atoms with E-state index in [0.29, 0.717) is 18.4 Å². The molecule has 3 nitrogen and oxygen atoms in total. The monoisotopic (exact) mass is 340 g/mol. The van der Waals surface area contributed by atoms with Gasteiger partial charge in [0.25, 0.3) is 0 Å². The Kier molecular flexibility index (Phi) is 6.04. The third-order valence-corrected chi connectivity index (χ3v) is 5.31. The number of nitrogens with two attached hydrogens (primary N) is 1. The Morgan fingerprint density at radius 2 is 2.17 bits per heavy atom. The fraction of sp³-hybridized carbons (Fsp3) is 0.611. The van der Waals surface area contributed by atoms with Crippen LogP contribution in [0, 0.1) is 23.6 Å². The first-order chi connectivity index (χ1) is 10.6. The summed E-state index contributed by atoms with van der Waals surface area (Å²) in [5.41, 5.74) is 6.75. The molecule has 4 atom stereocenters. The van der Waals surface area contributed by atoms with Crippen molar-refractivity contribution in [3.05, 3.63) is 35.6 Å². The zero-order valence-electron chi connectivity index (χ0n) is 13.6. The molecule has 1 saturated heterocycles. The van der Waals surface area contributed by atoms with Gasteiger partial charge >= 0.3 is 0 Å². The van der Waals surface area contributed by atoms with Gasteiger partial charge < -0.3 is 10.6 Å². The molecule has 0 aromatic heterocycles. The van der Waals surface area contributed by atoms with Crippen LogP contribution in [-0.4, -0.2) is 23.9 Å². The van der Waals surface area contributed by atoms with Crippen molar-refractivity contribution in [2.75, 3.05) is 13.1 Å². The van der Waals surface area contributed by atoms with Crippen LogP contribution >= 0.6 is 12.4 Å². The minimum atomic E-state index is -0.231. The van der Waals surface area contributed by atoms with Crippen LogP contribution < -0.4 is 5.73 Å². The Hall–Kier alpha value is -1.13. The molecule has 2 N–H and O–H groups in total. The van der Waals surface area contributed by atoms with Gasteiger partial charge in [-0.05, 0) is 55.3 Å². The van der Waals surface area contributed by atoms with Gasteiger partial charge in [0.1, 0.15) is 5.82 Å². The molecule has 1 amide bonds. The standard InChI is InChI=1S/C18H25FN2O.ClH/c1-12-8-17(13-4-2-6-15(19)9-13)21(11-12)18(22)16-7-3-5-14(16)10-20;/h2,4,6,9,12,14,16-17H,3,5,7-8,10-11,20H2,1H3;1H/t12?,14-,16-,17?;/m1./s1. The molecule has 1 aliphatic carbocycles. The van der Waals surface area contributed by atoms with Crippen LogP contribution in [-0.2, 0) is 4.79 Å². The number of halogens is 2. The van der Waals surface area contributed by atoms with E-state index in [1.807, 2.05) is 11.0 Å². The number of hydrogen-bond donors (Lipinski definition) is 1. The van der Waals surface area contributed by atoms with Gasteiger partial charge in [-0.2, -0.15) is 0 Å². The highest BCUT2D eigenvalue weighted by atomic mass is 35.5. The van der Waals surface area contributed by atoms with Gasteiger partial charge in [-0.3, -0.25) is 4.79 Å². The Balaban J connectivity index is 0.00000192. The zero-order valence-corrected chi connectivity index (χ0v) is 14.4. The van der Waals surface area contributed by atoms with E-state index in [-0.39, 0.29) is 36.1 Å². The molecule has 2 fully saturated rings. The van der Waals surface area contributed by atoms with Crippen LogP contribution in [0.15, 0.2) is 24.3 Å². The van der Waals surface area contributed by atoms with E-state index in [4.69, 9.17) is 5.73 Å². The maximum Gasteiger partial charge on any atom is 0.226 e. The van der Waals surface area contributed by atoms with Crippen LogP contribution in [0.2, 0.25) is 0 Å². The molecule has 0 bridgehead atoms. The van der Waals surface area contributed by atoms with Crippen LogP contribution in [0.4, 0.5) is 4.39 Å². The highest BCUT2D eigenvalue weighted by molar-refractivity contribution is 5.85. The fourth-order valence-electron chi connectivity index (χ4n) is 4.18. The predicted molar refractivity (Wildman–Crippen MR) is 91.8 cm³/mol. The van der Waals surface area contributed by atoms with Gasteiger partial charge in [0, 0.05) is 12.5 Å². The number of rotatable bonds is 3.